The van der Waals surface area contributed by atoms with Gasteiger partial charge in [-0.05, 0) is 36.8 Å². The van der Waals surface area contributed by atoms with Crippen LogP contribution in [-0.4, -0.2) is 19.2 Å². The maximum Gasteiger partial charge on any atom is 0.213 e. The topological polar surface area (TPSA) is 45.9 Å². The molecule has 0 amide bonds. The van der Waals surface area contributed by atoms with Crippen LogP contribution >= 0.6 is 28.1 Å². The Morgan fingerprint density at radius 1 is 1.43 bits per heavy atom. The van der Waals surface area contributed by atoms with Gasteiger partial charge >= 0.3 is 0 Å². The van der Waals surface area contributed by atoms with Gasteiger partial charge < -0.3 is 14.7 Å². The van der Waals surface area contributed by atoms with Gasteiger partial charge in [-0.2, -0.15) is 0 Å². The number of H-pyrrole nitrogens is 1. The summed E-state index contributed by atoms with van der Waals surface area (Å²) in [6.45, 7) is 2.11. The number of rotatable bonds is 0. The summed E-state index contributed by atoms with van der Waals surface area (Å²) >= 11 is 9.09. The Morgan fingerprint density at radius 3 is 2.95 bits per heavy atom. The molecule has 0 spiro atoms. The summed E-state index contributed by atoms with van der Waals surface area (Å²) in [4.78, 5) is 3.52. The normalized spacial score (nSPS) is 17.0. The van der Waals surface area contributed by atoms with E-state index in [0.717, 1.165) is 15.7 Å². The minimum Gasteiger partial charge on any atom is -0.493 e. The van der Waals surface area contributed by atoms with E-state index in [4.69, 9.17) is 12.2 Å². The lowest BCUT2D eigenvalue weighted by Gasteiger charge is -2.22. The van der Waals surface area contributed by atoms with Crippen LogP contribution < -0.4 is 0 Å². The van der Waals surface area contributed by atoms with Crippen LogP contribution in [0.3, 0.4) is 0 Å². The first-order chi connectivity index (χ1) is 10.0. The van der Waals surface area contributed by atoms with Gasteiger partial charge in [0.25, 0.3) is 0 Å². The lowest BCUT2D eigenvalue weighted by molar-refractivity contribution is 0.423. The van der Waals surface area contributed by atoms with Gasteiger partial charge in [-0.1, -0.05) is 22.0 Å². The summed E-state index contributed by atoms with van der Waals surface area (Å²) in [5.74, 6) is 0.263. The Hall–Kier alpha value is -1.53. The monoisotopic (exact) mass is 363 g/mol. The van der Waals surface area contributed by atoms with Gasteiger partial charge in [0, 0.05) is 34.5 Å². The molecule has 4 nitrogen and oxygen atoms in total. The Morgan fingerprint density at radius 2 is 2.19 bits per heavy atom. The van der Waals surface area contributed by atoms with Crippen molar-refractivity contribution in [3.63, 3.8) is 0 Å². The number of nitrogens with one attached hydrogen (secondary N) is 1. The Bertz CT molecular complexity index is 950. The zero-order valence-corrected chi connectivity index (χ0v) is 14.0. The summed E-state index contributed by atoms with van der Waals surface area (Å²) in [6.07, 6.45) is 0.679. The molecule has 0 aliphatic carbocycles. The third-order valence-electron chi connectivity index (χ3n) is 4.42. The van der Waals surface area contributed by atoms with Gasteiger partial charge in [0.05, 0.1) is 11.7 Å². The summed E-state index contributed by atoms with van der Waals surface area (Å²) in [7, 11) is 1.80. The number of aromatic amines is 1. The maximum absolute atomic E-state index is 10.3. The lowest BCUT2D eigenvalue weighted by Crippen LogP contribution is -2.18. The van der Waals surface area contributed by atoms with E-state index in [9.17, 15) is 5.11 Å². The van der Waals surface area contributed by atoms with Crippen LogP contribution in [0.25, 0.3) is 10.9 Å². The number of benzene rings is 1. The van der Waals surface area contributed by atoms with E-state index in [1.807, 2.05) is 16.7 Å². The van der Waals surface area contributed by atoms with Crippen LogP contribution in [0.1, 0.15) is 29.9 Å². The second kappa shape index (κ2) is 4.24. The molecule has 0 radical (unpaired) electrons. The van der Waals surface area contributed by atoms with Gasteiger partial charge in [0.15, 0.2) is 4.77 Å². The maximum atomic E-state index is 10.3. The molecule has 1 aromatic carbocycles. The summed E-state index contributed by atoms with van der Waals surface area (Å²) in [5, 5.41) is 11.5. The molecule has 0 saturated carbocycles. The third-order valence-corrected chi connectivity index (χ3v) is 5.55. The Labute approximate surface area is 135 Å². The van der Waals surface area contributed by atoms with Crippen molar-refractivity contribution in [1.82, 2.24) is 14.1 Å². The largest absolute Gasteiger partial charge is 0.493 e. The highest BCUT2D eigenvalue weighted by atomic mass is 79.9. The molecule has 0 saturated heterocycles. The highest BCUT2D eigenvalue weighted by molar-refractivity contribution is 9.10. The lowest BCUT2D eigenvalue weighted by atomic mass is 9.98. The number of halogens is 1. The molecular formula is C15H14BrN3OS. The van der Waals surface area contributed by atoms with E-state index in [1.165, 1.54) is 16.6 Å². The number of hydrogen-bond donors (Lipinski definition) is 2. The average molecular weight is 364 g/mol. The molecule has 0 fully saturated rings. The van der Waals surface area contributed by atoms with Crippen LogP contribution in [0.15, 0.2) is 22.7 Å². The molecule has 21 heavy (non-hydrogen) atoms. The molecule has 4 rings (SSSR count). The van der Waals surface area contributed by atoms with Gasteiger partial charge in [0.2, 0.25) is 5.88 Å². The smallest absolute Gasteiger partial charge is 0.213 e. The molecule has 2 N–H and O–H groups in total. The van der Waals surface area contributed by atoms with E-state index in [0.29, 0.717) is 11.2 Å². The van der Waals surface area contributed by atoms with E-state index in [2.05, 4.69) is 33.9 Å². The van der Waals surface area contributed by atoms with Crippen molar-refractivity contribution < 1.29 is 5.11 Å². The van der Waals surface area contributed by atoms with E-state index >= 15 is 0 Å². The quantitative estimate of drug-likeness (QED) is 0.592. The number of hydrogen-bond acceptors (Lipinski definition) is 2. The zero-order chi connectivity index (χ0) is 14.9. The van der Waals surface area contributed by atoms with Crippen molar-refractivity contribution in [3.05, 3.63) is 44.4 Å². The zero-order valence-electron chi connectivity index (χ0n) is 11.6. The number of nitrogens with zero attached hydrogens (tertiary/aromatic N) is 2. The van der Waals surface area contributed by atoms with Crippen molar-refractivity contribution in [3.8, 4) is 5.88 Å². The van der Waals surface area contributed by atoms with Crippen LogP contribution in [0.2, 0.25) is 0 Å². The first-order valence-corrected chi connectivity index (χ1v) is 7.98. The van der Waals surface area contributed by atoms with Crippen molar-refractivity contribution in [2.45, 2.75) is 19.4 Å². The molecular weight excluding hydrogens is 350 g/mol. The molecule has 0 unspecified atom stereocenters. The number of aromatic nitrogens is 3. The minimum absolute atomic E-state index is 0.0858. The molecule has 3 aromatic rings. The van der Waals surface area contributed by atoms with E-state index in [1.54, 1.807) is 11.6 Å². The molecule has 0 bridgehead atoms. The predicted octanol–water partition coefficient (Wildman–Crippen LogP) is 4.02. The molecule has 3 heterocycles. The summed E-state index contributed by atoms with van der Waals surface area (Å²) < 4.78 is 5.44. The van der Waals surface area contributed by atoms with Crippen LogP contribution in [0.5, 0.6) is 5.88 Å². The van der Waals surface area contributed by atoms with Crippen LogP contribution in [0, 0.1) is 4.77 Å². The fourth-order valence-corrected chi connectivity index (χ4v) is 4.32. The Kier molecular flexibility index (Phi) is 2.65. The summed E-state index contributed by atoms with van der Waals surface area (Å²) in [6, 6.07) is 6.24. The Balaban J connectivity index is 2.08. The molecule has 6 heteroatoms. The predicted molar refractivity (Wildman–Crippen MR) is 88.5 cm³/mol. The standard InChI is InChI=1S/C15H14BrN3OS/c1-7-13-8(12-9(16)4-3-5-10(12)17-13)6-11-14(20)18(2)15(21)19(7)11/h3-5,7,17,20H,6H2,1-2H3/t7-/m0/s1. The number of imidazole rings is 1. The van der Waals surface area contributed by atoms with Crippen LogP contribution in [-0.2, 0) is 13.5 Å². The molecule has 108 valence electrons. The van der Waals surface area contributed by atoms with Gasteiger partial charge in [-0.3, -0.25) is 4.57 Å². The van der Waals surface area contributed by atoms with Crippen molar-refractivity contribution in [2.24, 2.45) is 7.05 Å². The van der Waals surface area contributed by atoms with Gasteiger partial charge in [0.1, 0.15) is 0 Å². The van der Waals surface area contributed by atoms with Crippen molar-refractivity contribution in [1.29, 1.82) is 0 Å². The van der Waals surface area contributed by atoms with Gasteiger partial charge in [-0.15, -0.1) is 0 Å². The third kappa shape index (κ3) is 1.57. The average Bonchev–Trinajstić information content (AvgIpc) is 2.93. The van der Waals surface area contributed by atoms with E-state index in [-0.39, 0.29) is 11.9 Å². The van der Waals surface area contributed by atoms with Crippen molar-refractivity contribution in [2.75, 3.05) is 0 Å². The highest BCUT2D eigenvalue weighted by Gasteiger charge is 2.30. The van der Waals surface area contributed by atoms with Crippen molar-refractivity contribution >= 4 is 39.1 Å². The summed E-state index contributed by atoms with van der Waals surface area (Å²) in [5.41, 5.74) is 4.41. The van der Waals surface area contributed by atoms with Gasteiger partial charge in [-0.25, -0.2) is 0 Å². The van der Waals surface area contributed by atoms with Crippen LogP contribution in [0.4, 0.5) is 0 Å². The molecule has 2 aromatic heterocycles. The molecule has 1 aliphatic rings. The SMILES string of the molecule is C[C@H]1c2[nH]c3cccc(Br)c3c2Cc2c(O)n(C)c(=S)n21. The number of aromatic hydroxyl groups is 1. The fraction of sp³-hybridized carbons (Fsp3) is 0.267. The second-order valence-corrected chi connectivity index (χ2v) is 6.73. The van der Waals surface area contributed by atoms with E-state index < -0.39 is 0 Å². The first kappa shape index (κ1) is 13.2. The second-order valence-electron chi connectivity index (χ2n) is 5.51. The fourth-order valence-electron chi connectivity index (χ4n) is 3.36. The molecule has 1 aliphatic heterocycles. The minimum atomic E-state index is 0.0858. The highest BCUT2D eigenvalue weighted by Crippen LogP contribution is 2.41. The first-order valence-electron chi connectivity index (χ1n) is 6.78. The number of fused-ring (bicyclic) bond motifs is 4. The molecule has 1 atom stereocenters.